The minimum Gasteiger partial charge on any atom is -0.306 e. The standard InChI is InChI=1S/C21H16ClN3O4S2/c22-15-8-7-14(31(28,29)24-10-3-5-13-4-1-2-6-17(13)24)12-18(15)25-20(26)19-16(9-11-30-19)23-21(25)27/h1-2,4,6-9,11-12H,3,5,10H2,(H,23,27). The van der Waals surface area contributed by atoms with Crippen molar-refractivity contribution >= 4 is 48.9 Å². The van der Waals surface area contributed by atoms with E-state index < -0.39 is 21.3 Å². The van der Waals surface area contributed by atoms with Crippen molar-refractivity contribution in [2.75, 3.05) is 10.8 Å². The first-order valence-electron chi connectivity index (χ1n) is 9.51. The molecule has 1 aliphatic rings. The van der Waals surface area contributed by atoms with Gasteiger partial charge in [0.05, 0.1) is 26.8 Å². The van der Waals surface area contributed by atoms with Crippen LogP contribution in [0.2, 0.25) is 5.02 Å². The molecule has 7 nitrogen and oxygen atoms in total. The van der Waals surface area contributed by atoms with Gasteiger partial charge in [-0.2, -0.15) is 0 Å². The summed E-state index contributed by atoms with van der Waals surface area (Å²) in [6.45, 7) is 0.346. The second-order valence-corrected chi connectivity index (χ2v) is 10.3. The maximum absolute atomic E-state index is 13.5. The molecule has 2 aromatic heterocycles. The molecule has 0 unspecified atom stereocenters. The number of sulfonamides is 1. The summed E-state index contributed by atoms with van der Waals surface area (Å²) in [5.41, 5.74) is 0.822. The Hall–Kier alpha value is -2.88. The molecule has 4 aromatic rings. The van der Waals surface area contributed by atoms with Gasteiger partial charge in [0.25, 0.3) is 15.6 Å². The van der Waals surface area contributed by atoms with Gasteiger partial charge in [-0.15, -0.1) is 11.3 Å². The van der Waals surface area contributed by atoms with Gasteiger partial charge in [-0.05, 0) is 54.1 Å². The quantitative estimate of drug-likeness (QED) is 0.492. The Bertz CT molecular complexity index is 1550. The summed E-state index contributed by atoms with van der Waals surface area (Å²) in [5.74, 6) is 0. The van der Waals surface area contributed by atoms with E-state index in [4.69, 9.17) is 11.6 Å². The molecule has 0 bridgehead atoms. The first kappa shape index (κ1) is 20.0. The molecule has 1 N–H and O–H groups in total. The lowest BCUT2D eigenvalue weighted by Gasteiger charge is -2.30. The van der Waals surface area contributed by atoms with Gasteiger partial charge in [0, 0.05) is 6.54 Å². The molecule has 0 saturated carbocycles. The topological polar surface area (TPSA) is 92.2 Å². The van der Waals surface area contributed by atoms with Crippen LogP contribution in [0.4, 0.5) is 5.69 Å². The average Bonchev–Trinajstić information content (AvgIpc) is 3.23. The van der Waals surface area contributed by atoms with Crippen LogP contribution in [-0.4, -0.2) is 24.5 Å². The number of H-pyrrole nitrogens is 1. The molecule has 3 heterocycles. The van der Waals surface area contributed by atoms with Crippen LogP contribution in [-0.2, 0) is 16.4 Å². The largest absolute Gasteiger partial charge is 0.333 e. The Morgan fingerprint density at radius 2 is 1.84 bits per heavy atom. The fourth-order valence-corrected chi connectivity index (χ4v) is 6.40. The van der Waals surface area contributed by atoms with Crippen LogP contribution in [0.5, 0.6) is 0 Å². The molecule has 0 aliphatic carbocycles. The summed E-state index contributed by atoms with van der Waals surface area (Å²) in [6.07, 6.45) is 1.50. The van der Waals surface area contributed by atoms with Crippen LogP contribution in [0.25, 0.3) is 15.9 Å². The molecule has 10 heteroatoms. The predicted molar refractivity (Wildman–Crippen MR) is 122 cm³/mol. The summed E-state index contributed by atoms with van der Waals surface area (Å²) in [6, 6.07) is 13.1. The van der Waals surface area contributed by atoms with Crippen molar-refractivity contribution in [3.63, 3.8) is 0 Å². The predicted octanol–water partition coefficient (Wildman–Crippen LogP) is 3.54. The molecule has 0 spiro atoms. The molecule has 0 fully saturated rings. The number of fused-ring (bicyclic) bond motifs is 2. The van der Waals surface area contributed by atoms with Gasteiger partial charge in [-0.1, -0.05) is 29.8 Å². The SMILES string of the molecule is O=c1[nH]c2ccsc2c(=O)n1-c1cc(S(=O)(=O)N2CCCc3ccccc32)ccc1Cl. The van der Waals surface area contributed by atoms with Crippen LogP contribution in [0.1, 0.15) is 12.0 Å². The Morgan fingerprint density at radius 3 is 2.68 bits per heavy atom. The van der Waals surface area contributed by atoms with Gasteiger partial charge in [-0.3, -0.25) is 9.10 Å². The average molecular weight is 474 g/mol. The van der Waals surface area contributed by atoms with Crippen LogP contribution < -0.4 is 15.6 Å². The molecule has 158 valence electrons. The number of nitrogens with zero attached hydrogens (tertiary/aromatic N) is 2. The Kier molecular flexibility index (Phi) is 4.76. The lowest BCUT2D eigenvalue weighted by Crippen LogP contribution is -2.36. The first-order chi connectivity index (χ1) is 14.9. The zero-order valence-corrected chi connectivity index (χ0v) is 18.4. The van der Waals surface area contributed by atoms with Crippen molar-refractivity contribution in [1.29, 1.82) is 0 Å². The van der Waals surface area contributed by atoms with Crippen LogP contribution in [0.3, 0.4) is 0 Å². The lowest BCUT2D eigenvalue weighted by atomic mass is 10.0. The Morgan fingerprint density at radius 1 is 1.03 bits per heavy atom. The second kappa shape index (κ2) is 7.37. The van der Waals surface area contributed by atoms with E-state index in [9.17, 15) is 18.0 Å². The molecule has 0 saturated heterocycles. The monoisotopic (exact) mass is 473 g/mol. The van der Waals surface area contributed by atoms with E-state index in [-0.39, 0.29) is 15.6 Å². The third kappa shape index (κ3) is 3.20. The molecule has 0 atom stereocenters. The van der Waals surface area contributed by atoms with E-state index in [1.54, 1.807) is 23.6 Å². The number of aromatic amines is 1. The van der Waals surface area contributed by atoms with Crippen molar-refractivity contribution in [3.05, 3.63) is 85.3 Å². The zero-order chi connectivity index (χ0) is 21.8. The number of aromatic nitrogens is 2. The van der Waals surface area contributed by atoms with Gasteiger partial charge in [0.1, 0.15) is 4.70 Å². The first-order valence-corrected chi connectivity index (χ1v) is 12.2. The third-order valence-corrected chi connectivity index (χ3v) is 8.35. The van der Waals surface area contributed by atoms with E-state index in [0.717, 1.165) is 16.6 Å². The van der Waals surface area contributed by atoms with Crippen molar-refractivity contribution in [2.45, 2.75) is 17.7 Å². The fraction of sp³-hybridized carbons (Fsp3) is 0.143. The summed E-state index contributed by atoms with van der Waals surface area (Å²) in [7, 11) is -3.93. The van der Waals surface area contributed by atoms with Crippen molar-refractivity contribution in [3.8, 4) is 5.69 Å². The van der Waals surface area contributed by atoms with Crippen LogP contribution >= 0.6 is 22.9 Å². The normalized spacial score (nSPS) is 14.0. The molecular formula is C21H16ClN3O4S2. The van der Waals surface area contributed by atoms with Gasteiger partial charge < -0.3 is 4.98 Å². The summed E-state index contributed by atoms with van der Waals surface area (Å²) in [4.78, 5) is 28.1. The molecular weight excluding hydrogens is 458 g/mol. The molecule has 1 aliphatic heterocycles. The number of thiophene rings is 1. The minimum absolute atomic E-state index is 0.0228. The van der Waals surface area contributed by atoms with E-state index >= 15 is 0 Å². The number of hydrogen-bond acceptors (Lipinski definition) is 5. The molecule has 5 rings (SSSR count). The van der Waals surface area contributed by atoms with E-state index in [0.29, 0.717) is 28.9 Å². The van der Waals surface area contributed by atoms with E-state index in [1.165, 1.54) is 33.8 Å². The van der Waals surface area contributed by atoms with Crippen molar-refractivity contribution < 1.29 is 8.42 Å². The molecule has 31 heavy (non-hydrogen) atoms. The second-order valence-electron chi connectivity index (χ2n) is 7.16. The highest BCUT2D eigenvalue weighted by Crippen LogP contribution is 2.33. The van der Waals surface area contributed by atoms with Gasteiger partial charge in [-0.25, -0.2) is 17.8 Å². The smallest absolute Gasteiger partial charge is 0.306 e. The number of halogens is 1. The third-order valence-electron chi connectivity index (χ3n) is 5.32. The maximum atomic E-state index is 13.5. The summed E-state index contributed by atoms with van der Waals surface area (Å²) < 4.78 is 29.6. The fourth-order valence-electron chi connectivity index (χ4n) is 3.86. The summed E-state index contributed by atoms with van der Waals surface area (Å²) in [5, 5.41) is 1.80. The number of aryl methyl sites for hydroxylation is 1. The number of para-hydroxylation sites is 1. The van der Waals surface area contributed by atoms with Crippen LogP contribution in [0, 0.1) is 0 Å². The number of rotatable bonds is 3. The highest BCUT2D eigenvalue weighted by molar-refractivity contribution is 7.92. The van der Waals surface area contributed by atoms with E-state index in [2.05, 4.69) is 4.98 Å². The highest BCUT2D eigenvalue weighted by Gasteiger charge is 2.29. The zero-order valence-electron chi connectivity index (χ0n) is 16.0. The van der Waals surface area contributed by atoms with Crippen molar-refractivity contribution in [1.82, 2.24) is 9.55 Å². The Balaban J connectivity index is 1.69. The lowest BCUT2D eigenvalue weighted by molar-refractivity contribution is 0.586. The highest BCUT2D eigenvalue weighted by atomic mass is 35.5. The van der Waals surface area contributed by atoms with Gasteiger partial charge in [0.2, 0.25) is 0 Å². The molecule has 0 amide bonds. The van der Waals surface area contributed by atoms with Crippen LogP contribution in [0.15, 0.2) is 68.4 Å². The van der Waals surface area contributed by atoms with Gasteiger partial charge >= 0.3 is 5.69 Å². The molecule has 2 aromatic carbocycles. The van der Waals surface area contributed by atoms with Gasteiger partial charge in [0.15, 0.2) is 0 Å². The Labute approximate surface area is 186 Å². The molecule has 0 radical (unpaired) electrons. The number of anilines is 1. The minimum atomic E-state index is -3.93. The number of benzene rings is 2. The maximum Gasteiger partial charge on any atom is 0.333 e. The number of nitrogens with one attached hydrogen (secondary N) is 1. The summed E-state index contributed by atoms with van der Waals surface area (Å²) >= 11 is 7.49. The van der Waals surface area contributed by atoms with E-state index in [1.807, 2.05) is 12.1 Å². The number of hydrogen-bond donors (Lipinski definition) is 1. The van der Waals surface area contributed by atoms with Crippen molar-refractivity contribution in [2.24, 2.45) is 0 Å².